The first-order valence-corrected chi connectivity index (χ1v) is 8.95. The highest BCUT2D eigenvalue weighted by molar-refractivity contribution is 5.78. The first kappa shape index (κ1) is 17.5. The lowest BCUT2D eigenvalue weighted by Crippen LogP contribution is -2.37. The van der Waals surface area contributed by atoms with E-state index in [0.717, 1.165) is 24.4 Å². The summed E-state index contributed by atoms with van der Waals surface area (Å²) in [6.45, 7) is 2.86. The van der Waals surface area contributed by atoms with Crippen molar-refractivity contribution < 1.29 is 9.53 Å². The highest BCUT2D eigenvalue weighted by Gasteiger charge is 2.23. The van der Waals surface area contributed by atoms with Gasteiger partial charge >= 0.3 is 0 Å². The van der Waals surface area contributed by atoms with E-state index >= 15 is 0 Å². The summed E-state index contributed by atoms with van der Waals surface area (Å²) < 4.78 is 5.15. The Morgan fingerprint density at radius 1 is 1.08 bits per heavy atom. The zero-order valence-electron chi connectivity index (χ0n) is 14.8. The molecule has 1 fully saturated rings. The summed E-state index contributed by atoms with van der Waals surface area (Å²) in [5, 5.41) is 3.12. The van der Waals surface area contributed by atoms with Crippen LogP contribution < -0.4 is 10.1 Å². The Balaban J connectivity index is 1.59. The monoisotopic (exact) mass is 338 g/mol. The molecule has 0 aliphatic carbocycles. The van der Waals surface area contributed by atoms with Crippen LogP contribution in [0.2, 0.25) is 0 Å². The maximum atomic E-state index is 12.4. The Kier molecular flexibility index (Phi) is 6.07. The van der Waals surface area contributed by atoms with Gasteiger partial charge in [-0.25, -0.2) is 0 Å². The Labute approximate surface area is 149 Å². The molecule has 1 heterocycles. The van der Waals surface area contributed by atoms with Crippen molar-refractivity contribution >= 4 is 5.91 Å². The van der Waals surface area contributed by atoms with Crippen LogP contribution >= 0.6 is 0 Å². The number of methoxy groups -OCH3 is 1. The molecule has 0 saturated carbocycles. The minimum atomic E-state index is 0.0605. The van der Waals surface area contributed by atoms with Gasteiger partial charge in [0.1, 0.15) is 5.75 Å². The normalized spacial score (nSPS) is 15.7. The maximum Gasteiger partial charge on any atom is 0.224 e. The summed E-state index contributed by atoms with van der Waals surface area (Å²) in [5.41, 5.74) is 2.27. The van der Waals surface area contributed by atoms with Crippen molar-refractivity contribution in [3.8, 4) is 5.75 Å². The molecule has 2 aromatic rings. The lowest BCUT2D eigenvalue weighted by Gasteiger charge is -2.28. The number of likely N-dealkylation sites (tertiary alicyclic amines) is 1. The van der Waals surface area contributed by atoms with Gasteiger partial charge in [0.25, 0.3) is 0 Å². The van der Waals surface area contributed by atoms with Gasteiger partial charge in [-0.1, -0.05) is 42.5 Å². The van der Waals surface area contributed by atoms with E-state index in [-0.39, 0.29) is 11.9 Å². The Bertz CT molecular complexity index is 664. The molecule has 3 rings (SSSR count). The van der Waals surface area contributed by atoms with Crippen molar-refractivity contribution in [1.82, 2.24) is 10.2 Å². The van der Waals surface area contributed by atoms with Crippen LogP contribution in [0.15, 0.2) is 54.6 Å². The number of nitrogens with zero attached hydrogens (tertiary/aromatic N) is 1. The molecule has 1 saturated heterocycles. The van der Waals surface area contributed by atoms with Crippen LogP contribution in [0.5, 0.6) is 5.75 Å². The van der Waals surface area contributed by atoms with E-state index < -0.39 is 0 Å². The van der Waals surface area contributed by atoms with Crippen molar-refractivity contribution in [1.29, 1.82) is 0 Å². The molecule has 0 radical (unpaired) electrons. The predicted octanol–water partition coefficient (Wildman–Crippen LogP) is 3.19. The van der Waals surface area contributed by atoms with Crippen LogP contribution in [0.3, 0.4) is 0 Å². The van der Waals surface area contributed by atoms with Gasteiger partial charge in [0.05, 0.1) is 19.6 Å². The average molecular weight is 338 g/mol. The van der Waals surface area contributed by atoms with E-state index in [0.29, 0.717) is 13.0 Å². The van der Waals surface area contributed by atoms with E-state index in [9.17, 15) is 4.79 Å². The molecule has 1 aliphatic rings. The van der Waals surface area contributed by atoms with Gasteiger partial charge in [0, 0.05) is 6.54 Å². The third kappa shape index (κ3) is 4.83. The van der Waals surface area contributed by atoms with Crippen LogP contribution in [0.1, 0.15) is 30.0 Å². The predicted molar refractivity (Wildman–Crippen MR) is 99.7 cm³/mol. The minimum Gasteiger partial charge on any atom is -0.497 e. The van der Waals surface area contributed by atoms with Gasteiger partial charge in [-0.3, -0.25) is 9.69 Å². The molecule has 4 heteroatoms. The molecule has 0 bridgehead atoms. The smallest absolute Gasteiger partial charge is 0.224 e. The van der Waals surface area contributed by atoms with E-state index in [1.807, 2.05) is 30.3 Å². The molecular formula is C21H26N2O2. The van der Waals surface area contributed by atoms with Crippen molar-refractivity contribution in [3.05, 3.63) is 65.7 Å². The Morgan fingerprint density at radius 2 is 1.76 bits per heavy atom. The van der Waals surface area contributed by atoms with Crippen LogP contribution in [-0.2, 0) is 11.2 Å². The molecule has 1 aliphatic heterocycles. The quantitative estimate of drug-likeness (QED) is 0.843. The molecule has 0 aromatic heterocycles. The standard InChI is InChI=1S/C21H26N2O2/c1-25-19-11-9-17(10-12-19)15-21(24)22-16-20(23-13-5-6-14-23)18-7-3-2-4-8-18/h2-4,7-12,20H,5-6,13-16H2,1H3,(H,22,24). The zero-order chi connectivity index (χ0) is 17.5. The van der Waals surface area contributed by atoms with E-state index in [1.165, 1.54) is 18.4 Å². The van der Waals surface area contributed by atoms with Crippen LogP contribution in [-0.4, -0.2) is 37.6 Å². The fourth-order valence-corrected chi connectivity index (χ4v) is 3.39. The van der Waals surface area contributed by atoms with Crippen molar-refractivity contribution in [2.24, 2.45) is 0 Å². The number of rotatable bonds is 7. The SMILES string of the molecule is COc1ccc(CC(=O)NCC(c2ccccc2)N2CCCC2)cc1. The fraction of sp³-hybridized carbons (Fsp3) is 0.381. The van der Waals surface area contributed by atoms with Crippen molar-refractivity contribution in [2.45, 2.75) is 25.3 Å². The Hall–Kier alpha value is -2.33. The minimum absolute atomic E-state index is 0.0605. The molecule has 0 spiro atoms. The van der Waals surface area contributed by atoms with Crippen LogP contribution in [0.25, 0.3) is 0 Å². The second-order valence-electron chi connectivity index (χ2n) is 6.50. The van der Waals surface area contributed by atoms with E-state index in [2.05, 4.69) is 34.5 Å². The zero-order valence-corrected chi connectivity index (χ0v) is 14.8. The number of benzene rings is 2. The molecule has 1 atom stereocenters. The Morgan fingerprint density at radius 3 is 2.40 bits per heavy atom. The van der Waals surface area contributed by atoms with Crippen molar-refractivity contribution in [3.63, 3.8) is 0 Å². The van der Waals surface area contributed by atoms with Crippen molar-refractivity contribution in [2.75, 3.05) is 26.7 Å². The van der Waals surface area contributed by atoms with E-state index in [4.69, 9.17) is 4.74 Å². The summed E-state index contributed by atoms with van der Waals surface area (Å²) >= 11 is 0. The number of hydrogen-bond donors (Lipinski definition) is 1. The molecule has 25 heavy (non-hydrogen) atoms. The lowest BCUT2D eigenvalue weighted by molar-refractivity contribution is -0.120. The average Bonchev–Trinajstić information content (AvgIpc) is 3.18. The summed E-state index contributed by atoms with van der Waals surface area (Å²) in [5.74, 6) is 0.868. The summed E-state index contributed by atoms with van der Waals surface area (Å²) in [7, 11) is 1.64. The third-order valence-corrected chi connectivity index (χ3v) is 4.78. The maximum absolute atomic E-state index is 12.4. The third-order valence-electron chi connectivity index (χ3n) is 4.78. The second kappa shape index (κ2) is 8.67. The summed E-state index contributed by atoms with van der Waals surface area (Å²) in [6.07, 6.45) is 2.87. The molecule has 1 unspecified atom stereocenters. The van der Waals surface area contributed by atoms with Gasteiger partial charge in [0.15, 0.2) is 0 Å². The number of hydrogen-bond acceptors (Lipinski definition) is 3. The molecular weight excluding hydrogens is 312 g/mol. The molecule has 1 amide bonds. The number of ether oxygens (including phenoxy) is 1. The van der Waals surface area contributed by atoms with Gasteiger partial charge in [0.2, 0.25) is 5.91 Å². The van der Waals surface area contributed by atoms with E-state index in [1.54, 1.807) is 7.11 Å². The molecule has 1 N–H and O–H groups in total. The molecule has 132 valence electrons. The van der Waals surface area contributed by atoms with Gasteiger partial charge in [-0.05, 0) is 49.2 Å². The number of carbonyl (C=O) groups excluding carboxylic acids is 1. The largest absolute Gasteiger partial charge is 0.497 e. The van der Waals surface area contributed by atoms with Crippen LogP contribution in [0, 0.1) is 0 Å². The van der Waals surface area contributed by atoms with Gasteiger partial charge < -0.3 is 10.1 Å². The number of amides is 1. The first-order valence-electron chi connectivity index (χ1n) is 8.95. The highest BCUT2D eigenvalue weighted by Crippen LogP contribution is 2.24. The number of nitrogens with one attached hydrogen (secondary N) is 1. The lowest BCUT2D eigenvalue weighted by atomic mass is 10.1. The van der Waals surface area contributed by atoms with Crippen LogP contribution in [0.4, 0.5) is 0 Å². The first-order chi connectivity index (χ1) is 12.3. The number of carbonyl (C=O) groups is 1. The summed E-state index contributed by atoms with van der Waals surface area (Å²) in [6, 6.07) is 18.4. The fourth-order valence-electron chi connectivity index (χ4n) is 3.39. The topological polar surface area (TPSA) is 41.6 Å². The van der Waals surface area contributed by atoms with Gasteiger partial charge in [-0.2, -0.15) is 0 Å². The highest BCUT2D eigenvalue weighted by atomic mass is 16.5. The second-order valence-corrected chi connectivity index (χ2v) is 6.50. The molecule has 4 nitrogen and oxygen atoms in total. The summed E-state index contributed by atoms with van der Waals surface area (Å²) in [4.78, 5) is 14.8. The van der Waals surface area contributed by atoms with Gasteiger partial charge in [-0.15, -0.1) is 0 Å². The molecule has 2 aromatic carbocycles.